The van der Waals surface area contributed by atoms with Gasteiger partial charge in [-0.05, 0) is 38.5 Å². The van der Waals surface area contributed by atoms with Gasteiger partial charge < -0.3 is 15.1 Å². The van der Waals surface area contributed by atoms with Crippen molar-refractivity contribution >= 4 is 17.6 Å². The third kappa shape index (κ3) is 4.77. The molecule has 5 nitrogen and oxygen atoms in total. The van der Waals surface area contributed by atoms with Gasteiger partial charge in [0, 0.05) is 11.6 Å². The summed E-state index contributed by atoms with van der Waals surface area (Å²) in [4.78, 5) is 8.88. The van der Waals surface area contributed by atoms with Crippen LogP contribution in [0, 0.1) is 13.8 Å². The topological polar surface area (TPSA) is 62.5 Å². The van der Waals surface area contributed by atoms with E-state index in [1.54, 1.807) is 0 Å². The van der Waals surface area contributed by atoms with Gasteiger partial charge in [0.25, 0.3) is 0 Å². The lowest BCUT2D eigenvalue weighted by molar-refractivity contribution is 0.463. The van der Waals surface area contributed by atoms with Gasteiger partial charge in [-0.1, -0.05) is 23.7 Å². The summed E-state index contributed by atoms with van der Waals surface area (Å²) >= 11 is 5.98. The molecule has 0 spiro atoms. The molecule has 0 unspecified atom stereocenters. The first-order valence-electron chi connectivity index (χ1n) is 7.28. The molecule has 0 saturated carbocycles. The first-order chi connectivity index (χ1) is 10.6. The summed E-state index contributed by atoms with van der Waals surface area (Å²) in [5.41, 5.74) is 1.98. The van der Waals surface area contributed by atoms with E-state index >= 15 is 0 Å². The smallest absolute Gasteiger partial charge is 0.214 e. The molecule has 2 N–H and O–H groups in total. The number of hydrogen-bond acceptors (Lipinski definition) is 3. The van der Waals surface area contributed by atoms with E-state index in [2.05, 4.69) is 20.6 Å². The van der Waals surface area contributed by atoms with Crippen molar-refractivity contribution in [1.29, 1.82) is 0 Å². The Morgan fingerprint density at radius 3 is 2.77 bits per heavy atom. The number of nitrogens with zero attached hydrogens (tertiary/aromatic N) is 2. The normalized spacial score (nSPS) is 11.5. The highest BCUT2D eigenvalue weighted by molar-refractivity contribution is 6.30. The summed E-state index contributed by atoms with van der Waals surface area (Å²) in [6.07, 6.45) is 0. The fourth-order valence-corrected chi connectivity index (χ4v) is 2.13. The van der Waals surface area contributed by atoms with E-state index in [1.165, 1.54) is 0 Å². The Hall–Kier alpha value is -2.01. The molecule has 0 radical (unpaired) electrons. The Morgan fingerprint density at radius 2 is 2.14 bits per heavy atom. The molecule has 0 atom stereocenters. The largest absolute Gasteiger partial charge is 0.444 e. The van der Waals surface area contributed by atoms with Crippen LogP contribution in [0.15, 0.2) is 33.7 Å². The molecule has 0 saturated heterocycles. The molecule has 0 aliphatic heterocycles. The number of aryl methyl sites for hydroxylation is 2. The molecule has 0 aliphatic carbocycles. The fourth-order valence-electron chi connectivity index (χ4n) is 1.92. The molecule has 1 heterocycles. The summed E-state index contributed by atoms with van der Waals surface area (Å²) in [5, 5.41) is 7.13. The molecule has 6 heteroatoms. The Kier molecular flexibility index (Phi) is 5.83. The molecular formula is C16H21ClN4O. The lowest BCUT2D eigenvalue weighted by Gasteiger charge is -2.09. The number of benzene rings is 1. The summed E-state index contributed by atoms with van der Waals surface area (Å²) in [7, 11) is 0. The standard InChI is InChI=1S/C16H21ClN4O/c1-4-18-16(19-9-13-6-5-7-14(17)8-13)20-10-15-21-11(2)12(3)22-15/h5-8H,4,9-10H2,1-3H3,(H2,18,19,20). The van der Waals surface area contributed by atoms with Crippen LogP contribution in [-0.2, 0) is 13.1 Å². The molecule has 0 bridgehead atoms. The minimum absolute atomic E-state index is 0.496. The molecule has 0 amide bonds. The number of halogens is 1. The predicted molar refractivity (Wildman–Crippen MR) is 89.1 cm³/mol. The van der Waals surface area contributed by atoms with Crippen molar-refractivity contribution < 1.29 is 4.42 Å². The Morgan fingerprint density at radius 1 is 1.32 bits per heavy atom. The van der Waals surface area contributed by atoms with Crippen molar-refractivity contribution in [3.63, 3.8) is 0 Å². The van der Waals surface area contributed by atoms with Gasteiger partial charge in [0.15, 0.2) is 5.96 Å². The number of oxazole rings is 1. The minimum atomic E-state index is 0.496. The predicted octanol–water partition coefficient (Wildman–Crippen LogP) is 3.20. The van der Waals surface area contributed by atoms with Gasteiger partial charge in [0.1, 0.15) is 5.76 Å². The van der Waals surface area contributed by atoms with Crippen LogP contribution < -0.4 is 10.6 Å². The molecule has 1 aromatic carbocycles. The number of rotatable bonds is 5. The lowest BCUT2D eigenvalue weighted by Crippen LogP contribution is -2.36. The second kappa shape index (κ2) is 7.84. The number of aromatic nitrogens is 1. The zero-order chi connectivity index (χ0) is 15.9. The van der Waals surface area contributed by atoms with E-state index < -0.39 is 0 Å². The summed E-state index contributed by atoms with van der Waals surface area (Å²) in [5.74, 6) is 2.22. The van der Waals surface area contributed by atoms with E-state index in [0.717, 1.165) is 34.5 Å². The van der Waals surface area contributed by atoms with Gasteiger partial charge in [0.05, 0.1) is 18.8 Å². The second-order valence-electron chi connectivity index (χ2n) is 4.93. The average molecular weight is 321 g/mol. The van der Waals surface area contributed by atoms with Crippen molar-refractivity contribution in [3.8, 4) is 0 Å². The minimum Gasteiger partial charge on any atom is -0.444 e. The summed E-state index contributed by atoms with van der Waals surface area (Å²) < 4.78 is 5.55. The van der Waals surface area contributed by atoms with Crippen molar-refractivity contribution in [2.45, 2.75) is 33.9 Å². The van der Waals surface area contributed by atoms with Crippen molar-refractivity contribution in [2.75, 3.05) is 6.54 Å². The van der Waals surface area contributed by atoms with Crippen molar-refractivity contribution in [1.82, 2.24) is 15.6 Å². The van der Waals surface area contributed by atoms with Gasteiger partial charge in [-0.2, -0.15) is 0 Å². The van der Waals surface area contributed by atoms with Crippen LogP contribution in [0.1, 0.15) is 29.8 Å². The quantitative estimate of drug-likeness (QED) is 0.656. The van der Waals surface area contributed by atoms with E-state index in [1.807, 2.05) is 45.0 Å². The molecule has 0 aliphatic rings. The van der Waals surface area contributed by atoms with Crippen LogP contribution in [-0.4, -0.2) is 17.5 Å². The van der Waals surface area contributed by atoms with Crippen LogP contribution in [0.2, 0.25) is 5.02 Å². The highest BCUT2D eigenvalue weighted by Gasteiger charge is 2.06. The average Bonchev–Trinajstić information content (AvgIpc) is 2.81. The Labute approximate surface area is 135 Å². The summed E-state index contributed by atoms with van der Waals surface area (Å²) in [6.45, 7) is 7.70. The van der Waals surface area contributed by atoms with Crippen molar-refractivity contribution in [3.05, 3.63) is 52.2 Å². The van der Waals surface area contributed by atoms with Crippen LogP contribution in [0.4, 0.5) is 0 Å². The Balaban J connectivity index is 1.97. The van der Waals surface area contributed by atoms with Crippen LogP contribution in [0.25, 0.3) is 0 Å². The first kappa shape index (κ1) is 16.4. The summed E-state index contributed by atoms with van der Waals surface area (Å²) in [6, 6.07) is 7.69. The second-order valence-corrected chi connectivity index (χ2v) is 5.36. The van der Waals surface area contributed by atoms with Crippen LogP contribution >= 0.6 is 11.6 Å². The van der Waals surface area contributed by atoms with Gasteiger partial charge >= 0.3 is 0 Å². The highest BCUT2D eigenvalue weighted by atomic mass is 35.5. The van der Waals surface area contributed by atoms with Gasteiger partial charge in [-0.3, -0.25) is 0 Å². The van der Waals surface area contributed by atoms with E-state index in [-0.39, 0.29) is 0 Å². The molecule has 1 aromatic heterocycles. The number of guanidine groups is 1. The third-order valence-corrected chi connectivity index (χ3v) is 3.37. The lowest BCUT2D eigenvalue weighted by atomic mass is 10.2. The van der Waals surface area contributed by atoms with E-state index in [9.17, 15) is 0 Å². The fraction of sp³-hybridized carbons (Fsp3) is 0.375. The molecule has 22 heavy (non-hydrogen) atoms. The zero-order valence-electron chi connectivity index (χ0n) is 13.1. The number of aliphatic imine (C=N–C) groups is 1. The van der Waals surface area contributed by atoms with Crippen molar-refractivity contribution in [2.24, 2.45) is 4.99 Å². The van der Waals surface area contributed by atoms with Crippen LogP contribution in [0.3, 0.4) is 0 Å². The van der Waals surface area contributed by atoms with Gasteiger partial charge in [0.2, 0.25) is 5.89 Å². The maximum atomic E-state index is 5.98. The molecular weight excluding hydrogens is 300 g/mol. The highest BCUT2D eigenvalue weighted by Crippen LogP contribution is 2.11. The molecule has 0 fully saturated rings. The molecule has 2 aromatic rings. The van der Waals surface area contributed by atoms with E-state index in [4.69, 9.17) is 16.0 Å². The van der Waals surface area contributed by atoms with Crippen LogP contribution in [0.5, 0.6) is 0 Å². The Bertz CT molecular complexity index is 632. The monoisotopic (exact) mass is 320 g/mol. The molecule has 118 valence electrons. The molecule has 2 rings (SSSR count). The number of hydrogen-bond donors (Lipinski definition) is 2. The first-order valence-corrected chi connectivity index (χ1v) is 7.65. The van der Waals surface area contributed by atoms with Gasteiger partial charge in [-0.25, -0.2) is 9.98 Å². The number of nitrogens with one attached hydrogen (secondary N) is 2. The zero-order valence-corrected chi connectivity index (χ0v) is 13.9. The maximum absolute atomic E-state index is 5.98. The maximum Gasteiger partial charge on any atom is 0.214 e. The van der Waals surface area contributed by atoms with Gasteiger partial charge in [-0.15, -0.1) is 0 Å². The van der Waals surface area contributed by atoms with E-state index in [0.29, 0.717) is 19.0 Å². The SMILES string of the molecule is CCNC(=NCc1cccc(Cl)c1)NCc1nc(C)c(C)o1. The third-order valence-electron chi connectivity index (χ3n) is 3.13.